The highest BCUT2D eigenvalue weighted by Crippen LogP contribution is 2.07. The lowest BCUT2D eigenvalue weighted by Gasteiger charge is -2.36. The second kappa shape index (κ2) is 3.74. The number of carbonyl (C=O) groups is 2. The molecule has 0 aliphatic carbocycles. The van der Waals surface area contributed by atoms with Gasteiger partial charge in [-0.25, -0.2) is 0 Å². The predicted octanol–water partition coefficient (Wildman–Crippen LogP) is -1.37. The Morgan fingerprint density at radius 1 is 1.77 bits per heavy atom. The van der Waals surface area contributed by atoms with Crippen molar-refractivity contribution in [2.24, 2.45) is 5.73 Å². The minimum atomic E-state index is -0.389. The van der Waals surface area contributed by atoms with Crippen LogP contribution in [0.5, 0.6) is 0 Å². The number of hydrogen-bond acceptors (Lipinski definition) is 3. The summed E-state index contributed by atoms with van der Waals surface area (Å²) < 4.78 is 0. The quantitative estimate of drug-likeness (QED) is 0.552. The van der Waals surface area contributed by atoms with E-state index in [2.05, 4.69) is 0 Å². The lowest BCUT2D eigenvalue weighted by molar-refractivity contribution is -0.148. The van der Waals surface area contributed by atoms with E-state index in [9.17, 15) is 9.59 Å². The molecule has 0 bridgehead atoms. The third-order valence-corrected chi connectivity index (χ3v) is 2.27. The van der Waals surface area contributed by atoms with E-state index in [-0.39, 0.29) is 24.4 Å². The van der Waals surface area contributed by atoms with Crippen molar-refractivity contribution in [3.05, 3.63) is 0 Å². The highest BCUT2D eigenvalue weighted by atomic mass is 16.2. The second-order valence-corrected chi connectivity index (χ2v) is 3.23. The van der Waals surface area contributed by atoms with E-state index in [0.29, 0.717) is 13.1 Å². The molecule has 1 aliphatic heterocycles. The molecule has 0 aromatic heterocycles. The van der Waals surface area contributed by atoms with Gasteiger partial charge in [-0.15, -0.1) is 0 Å². The van der Waals surface area contributed by atoms with Crippen LogP contribution in [0.2, 0.25) is 0 Å². The fourth-order valence-corrected chi connectivity index (χ4v) is 1.13. The standard InChI is InChI=1S/C8H15N3O2/c1-3-10(2)7(12)5-11-4-6(9)8(11)13/h6H,3-5,9H2,1-2H3. The summed E-state index contributed by atoms with van der Waals surface area (Å²) in [6.07, 6.45) is 0. The Bertz CT molecular complexity index is 229. The number of β-lactam (4-membered cyclic amide) rings is 1. The van der Waals surface area contributed by atoms with Crippen LogP contribution in [0.4, 0.5) is 0 Å². The zero-order valence-electron chi connectivity index (χ0n) is 7.99. The van der Waals surface area contributed by atoms with E-state index < -0.39 is 0 Å². The third kappa shape index (κ3) is 1.98. The van der Waals surface area contributed by atoms with E-state index in [1.165, 1.54) is 4.90 Å². The van der Waals surface area contributed by atoms with Gasteiger partial charge in [0.25, 0.3) is 0 Å². The lowest BCUT2D eigenvalue weighted by Crippen LogP contribution is -2.62. The topological polar surface area (TPSA) is 66.6 Å². The summed E-state index contributed by atoms with van der Waals surface area (Å²) in [7, 11) is 1.71. The van der Waals surface area contributed by atoms with Crippen molar-refractivity contribution < 1.29 is 9.59 Å². The molecule has 0 aromatic carbocycles. The molecule has 5 heteroatoms. The minimum absolute atomic E-state index is 0.0391. The van der Waals surface area contributed by atoms with Gasteiger partial charge in [-0.05, 0) is 6.92 Å². The smallest absolute Gasteiger partial charge is 0.241 e. The van der Waals surface area contributed by atoms with Gasteiger partial charge < -0.3 is 15.5 Å². The Hall–Kier alpha value is -1.10. The zero-order valence-corrected chi connectivity index (χ0v) is 7.99. The molecule has 1 heterocycles. The van der Waals surface area contributed by atoms with E-state index in [1.807, 2.05) is 6.92 Å². The molecule has 0 spiro atoms. The second-order valence-electron chi connectivity index (χ2n) is 3.23. The largest absolute Gasteiger partial charge is 0.345 e. The number of likely N-dealkylation sites (N-methyl/N-ethyl adjacent to an activating group) is 1. The maximum atomic E-state index is 11.3. The molecule has 0 saturated carbocycles. The maximum Gasteiger partial charge on any atom is 0.241 e. The summed E-state index contributed by atoms with van der Waals surface area (Å²) in [6, 6.07) is -0.389. The van der Waals surface area contributed by atoms with Crippen LogP contribution < -0.4 is 5.73 Å². The molecule has 1 atom stereocenters. The van der Waals surface area contributed by atoms with E-state index >= 15 is 0 Å². The number of rotatable bonds is 3. The Kier molecular flexibility index (Phi) is 2.87. The maximum absolute atomic E-state index is 11.3. The Morgan fingerprint density at radius 3 is 2.77 bits per heavy atom. The summed E-state index contributed by atoms with van der Waals surface area (Å²) >= 11 is 0. The van der Waals surface area contributed by atoms with E-state index in [4.69, 9.17) is 5.73 Å². The van der Waals surface area contributed by atoms with Gasteiger partial charge in [-0.3, -0.25) is 9.59 Å². The summed E-state index contributed by atoms with van der Waals surface area (Å²) in [6.45, 7) is 3.22. The monoisotopic (exact) mass is 185 g/mol. The van der Waals surface area contributed by atoms with Crippen molar-refractivity contribution in [3.8, 4) is 0 Å². The van der Waals surface area contributed by atoms with Crippen molar-refractivity contribution in [1.82, 2.24) is 9.80 Å². The highest BCUT2D eigenvalue weighted by Gasteiger charge is 2.34. The number of amides is 2. The molecular formula is C8H15N3O2. The molecule has 5 nitrogen and oxygen atoms in total. The van der Waals surface area contributed by atoms with Crippen LogP contribution >= 0.6 is 0 Å². The summed E-state index contributed by atoms with van der Waals surface area (Å²) in [5.74, 6) is -0.166. The van der Waals surface area contributed by atoms with Gasteiger partial charge in [0.2, 0.25) is 11.8 Å². The number of carbonyl (C=O) groups excluding carboxylic acids is 2. The van der Waals surface area contributed by atoms with Gasteiger partial charge >= 0.3 is 0 Å². The molecule has 1 saturated heterocycles. The fraction of sp³-hybridized carbons (Fsp3) is 0.750. The van der Waals surface area contributed by atoms with Gasteiger partial charge in [0.15, 0.2) is 0 Å². The number of nitrogens with two attached hydrogens (primary N) is 1. The first-order chi connectivity index (χ1) is 6.06. The molecular weight excluding hydrogens is 170 g/mol. The van der Waals surface area contributed by atoms with Crippen molar-refractivity contribution in [2.75, 3.05) is 26.7 Å². The zero-order chi connectivity index (χ0) is 10.0. The normalized spacial score (nSPS) is 21.3. The van der Waals surface area contributed by atoms with Gasteiger partial charge in [-0.2, -0.15) is 0 Å². The average Bonchev–Trinajstić information content (AvgIpc) is 2.15. The summed E-state index contributed by atoms with van der Waals surface area (Å²) in [5.41, 5.74) is 5.38. The van der Waals surface area contributed by atoms with Crippen LogP contribution in [0.15, 0.2) is 0 Å². The minimum Gasteiger partial charge on any atom is -0.345 e. The average molecular weight is 185 g/mol. The first-order valence-electron chi connectivity index (χ1n) is 4.34. The van der Waals surface area contributed by atoms with Crippen molar-refractivity contribution in [2.45, 2.75) is 13.0 Å². The first kappa shape index (κ1) is 9.98. The van der Waals surface area contributed by atoms with Crippen molar-refractivity contribution >= 4 is 11.8 Å². The van der Waals surface area contributed by atoms with Gasteiger partial charge in [-0.1, -0.05) is 0 Å². The first-order valence-corrected chi connectivity index (χ1v) is 4.34. The Labute approximate surface area is 77.5 Å². The van der Waals surface area contributed by atoms with E-state index in [1.54, 1.807) is 11.9 Å². The SMILES string of the molecule is CCN(C)C(=O)CN1CC(N)C1=O. The molecule has 1 fully saturated rings. The van der Waals surface area contributed by atoms with Crippen molar-refractivity contribution in [3.63, 3.8) is 0 Å². The van der Waals surface area contributed by atoms with Crippen LogP contribution in [0.25, 0.3) is 0 Å². The molecule has 1 aliphatic rings. The highest BCUT2D eigenvalue weighted by molar-refractivity contribution is 5.91. The van der Waals surface area contributed by atoms with Crippen LogP contribution in [-0.2, 0) is 9.59 Å². The van der Waals surface area contributed by atoms with Crippen LogP contribution in [0, 0.1) is 0 Å². The molecule has 1 rings (SSSR count). The molecule has 0 radical (unpaired) electrons. The Balaban J connectivity index is 2.34. The molecule has 2 N–H and O–H groups in total. The number of likely N-dealkylation sites (tertiary alicyclic amines) is 1. The third-order valence-electron chi connectivity index (χ3n) is 2.27. The number of hydrogen-bond donors (Lipinski definition) is 1. The lowest BCUT2D eigenvalue weighted by atomic mass is 10.1. The molecule has 0 aromatic rings. The molecule has 2 amide bonds. The van der Waals surface area contributed by atoms with E-state index in [0.717, 1.165) is 0 Å². The van der Waals surface area contributed by atoms with Gasteiger partial charge in [0.05, 0.1) is 6.54 Å². The molecule has 13 heavy (non-hydrogen) atoms. The summed E-state index contributed by atoms with van der Waals surface area (Å²) in [5, 5.41) is 0. The molecule has 1 unspecified atom stereocenters. The summed E-state index contributed by atoms with van der Waals surface area (Å²) in [4.78, 5) is 25.4. The predicted molar refractivity (Wildman–Crippen MR) is 47.9 cm³/mol. The van der Waals surface area contributed by atoms with Gasteiger partial charge in [0.1, 0.15) is 6.04 Å². The fourth-order valence-electron chi connectivity index (χ4n) is 1.13. The van der Waals surface area contributed by atoms with Crippen LogP contribution in [0.3, 0.4) is 0 Å². The number of nitrogens with zero attached hydrogens (tertiary/aromatic N) is 2. The Morgan fingerprint density at radius 2 is 2.38 bits per heavy atom. The van der Waals surface area contributed by atoms with Crippen molar-refractivity contribution in [1.29, 1.82) is 0 Å². The molecule has 74 valence electrons. The van der Waals surface area contributed by atoms with Crippen LogP contribution in [0.1, 0.15) is 6.92 Å². The van der Waals surface area contributed by atoms with Gasteiger partial charge in [0, 0.05) is 20.1 Å². The van der Waals surface area contributed by atoms with Crippen LogP contribution in [-0.4, -0.2) is 54.3 Å².